The maximum absolute atomic E-state index is 12.0. The Morgan fingerprint density at radius 1 is 1.03 bits per heavy atom. The molecule has 0 aliphatic heterocycles. The van der Waals surface area contributed by atoms with Crippen LogP contribution in [0.25, 0.3) is 10.9 Å². The van der Waals surface area contributed by atoms with Crippen molar-refractivity contribution in [2.24, 2.45) is 5.92 Å². The van der Waals surface area contributed by atoms with Crippen molar-refractivity contribution in [1.29, 1.82) is 0 Å². The number of aromatic nitrogens is 1. The number of fused-ring (bicyclic) bond motifs is 1. The van der Waals surface area contributed by atoms with E-state index < -0.39 is 0 Å². The summed E-state index contributed by atoms with van der Waals surface area (Å²) in [4.78, 5) is 16.4. The number of hydrogen-bond donors (Lipinski definition) is 2. The third-order valence-corrected chi connectivity index (χ3v) is 5.19. The summed E-state index contributed by atoms with van der Waals surface area (Å²) in [5.41, 5.74) is 1.48. The molecule has 0 aliphatic rings. The van der Waals surface area contributed by atoms with E-state index in [1.165, 1.54) is 0 Å². The van der Waals surface area contributed by atoms with Crippen LogP contribution in [-0.2, 0) is 4.79 Å². The van der Waals surface area contributed by atoms with Crippen LogP contribution in [0.4, 0.5) is 5.69 Å². The van der Waals surface area contributed by atoms with Crippen molar-refractivity contribution in [3.63, 3.8) is 0 Å². The average Bonchev–Trinajstić information content (AvgIpc) is 2.79. The van der Waals surface area contributed by atoms with Crippen LogP contribution < -0.4 is 24.8 Å². The molecule has 174 valence electrons. The predicted octanol–water partition coefficient (Wildman–Crippen LogP) is 5.68. The van der Waals surface area contributed by atoms with Gasteiger partial charge in [-0.25, -0.2) is 0 Å². The Hall–Kier alpha value is -3.39. The lowest BCUT2D eigenvalue weighted by atomic mass is 10.1. The number of rotatable bonds is 9. The molecule has 7 nitrogen and oxygen atoms in total. The van der Waals surface area contributed by atoms with E-state index in [1.807, 2.05) is 36.4 Å². The molecule has 0 bridgehead atoms. The number of methoxy groups -OCH3 is 2. The van der Waals surface area contributed by atoms with Gasteiger partial charge in [0.25, 0.3) is 0 Å². The number of thiocarbonyl (C=S) groups is 1. The summed E-state index contributed by atoms with van der Waals surface area (Å²) in [6.45, 7) is 4.28. The number of benzene rings is 2. The Bertz CT molecular complexity index is 1120. The van der Waals surface area contributed by atoms with Gasteiger partial charge in [-0.15, -0.1) is 0 Å². The van der Waals surface area contributed by atoms with E-state index in [-0.39, 0.29) is 11.0 Å². The maximum Gasteiger partial charge on any atom is 0.226 e. The Balaban J connectivity index is 1.63. The van der Waals surface area contributed by atoms with Gasteiger partial charge in [-0.05, 0) is 61.0 Å². The van der Waals surface area contributed by atoms with E-state index in [0.717, 1.165) is 29.4 Å². The lowest BCUT2D eigenvalue weighted by molar-refractivity contribution is -0.119. The molecule has 0 fully saturated rings. The minimum Gasteiger partial charge on any atom is -0.493 e. The highest BCUT2D eigenvalue weighted by molar-refractivity contribution is 7.80. The van der Waals surface area contributed by atoms with E-state index in [0.29, 0.717) is 35.3 Å². The first-order chi connectivity index (χ1) is 15.9. The van der Waals surface area contributed by atoms with Gasteiger partial charge in [0.05, 0.1) is 19.7 Å². The minimum atomic E-state index is -0.0790. The summed E-state index contributed by atoms with van der Waals surface area (Å²) in [6.07, 6.45) is 4.01. The van der Waals surface area contributed by atoms with Gasteiger partial charge in [-0.3, -0.25) is 9.78 Å². The summed E-state index contributed by atoms with van der Waals surface area (Å²) in [5.74, 6) is 3.00. The molecular weight excluding hydrogens is 438 g/mol. The van der Waals surface area contributed by atoms with Crippen LogP contribution in [0, 0.1) is 5.92 Å². The van der Waals surface area contributed by atoms with E-state index in [4.69, 9.17) is 26.4 Å². The molecule has 33 heavy (non-hydrogen) atoms. The van der Waals surface area contributed by atoms with Crippen LogP contribution >= 0.6 is 12.2 Å². The summed E-state index contributed by atoms with van der Waals surface area (Å²) in [6, 6.07) is 12.8. The van der Waals surface area contributed by atoms with Crippen LogP contribution in [0.15, 0.2) is 48.7 Å². The van der Waals surface area contributed by atoms with Gasteiger partial charge >= 0.3 is 0 Å². The fourth-order valence-corrected chi connectivity index (χ4v) is 3.52. The number of anilines is 1. The third kappa shape index (κ3) is 6.79. The first-order valence-corrected chi connectivity index (χ1v) is 11.2. The van der Waals surface area contributed by atoms with Crippen molar-refractivity contribution < 1.29 is 19.0 Å². The molecule has 3 rings (SSSR count). The zero-order chi connectivity index (χ0) is 23.8. The fraction of sp³-hybridized carbons (Fsp3) is 0.320. The monoisotopic (exact) mass is 467 g/mol. The van der Waals surface area contributed by atoms with Crippen molar-refractivity contribution in [2.45, 2.75) is 33.1 Å². The molecule has 1 heterocycles. The molecule has 8 heteroatoms. The standard InChI is InChI=1S/C25H29N3O4S/c1-16(2)6-5-7-24(29)28-25(33)27-17-8-10-18(11-9-17)32-21-12-13-26-20-15-23(31-4)22(30-3)14-19(20)21/h8-16H,5-7H2,1-4H3,(H2,27,28,29,33). The third-order valence-electron chi connectivity index (χ3n) is 4.99. The molecule has 1 amide bonds. The van der Waals surface area contributed by atoms with Gasteiger partial charge in [-0.1, -0.05) is 20.3 Å². The van der Waals surface area contributed by atoms with E-state index in [2.05, 4.69) is 29.5 Å². The largest absolute Gasteiger partial charge is 0.493 e. The molecule has 0 radical (unpaired) electrons. The Kier molecular flexibility index (Phi) is 8.43. The normalized spacial score (nSPS) is 10.7. The van der Waals surface area contributed by atoms with Crippen molar-refractivity contribution in [2.75, 3.05) is 19.5 Å². The van der Waals surface area contributed by atoms with E-state index >= 15 is 0 Å². The SMILES string of the molecule is COc1cc2nccc(Oc3ccc(NC(=S)NC(=O)CCCC(C)C)cc3)c2cc1OC. The summed E-state index contributed by atoms with van der Waals surface area (Å²) >= 11 is 5.25. The highest BCUT2D eigenvalue weighted by atomic mass is 32.1. The summed E-state index contributed by atoms with van der Waals surface area (Å²) in [5, 5.41) is 6.82. The smallest absolute Gasteiger partial charge is 0.226 e. The molecule has 0 spiro atoms. The Morgan fingerprint density at radius 3 is 2.39 bits per heavy atom. The van der Waals surface area contributed by atoms with Crippen molar-refractivity contribution in [3.05, 3.63) is 48.7 Å². The number of amides is 1. The van der Waals surface area contributed by atoms with Gasteiger partial charge in [-0.2, -0.15) is 0 Å². The average molecular weight is 468 g/mol. The molecule has 2 N–H and O–H groups in total. The summed E-state index contributed by atoms with van der Waals surface area (Å²) in [7, 11) is 3.18. The van der Waals surface area contributed by atoms with Crippen molar-refractivity contribution in [3.8, 4) is 23.0 Å². The first kappa shape index (κ1) is 24.3. The van der Waals surface area contributed by atoms with Gasteiger partial charge < -0.3 is 24.8 Å². The summed E-state index contributed by atoms with van der Waals surface area (Å²) < 4.78 is 16.8. The van der Waals surface area contributed by atoms with Gasteiger partial charge in [0.15, 0.2) is 16.6 Å². The van der Waals surface area contributed by atoms with Crippen LogP contribution in [0.3, 0.4) is 0 Å². The molecular formula is C25H29N3O4S. The zero-order valence-electron chi connectivity index (χ0n) is 19.3. The molecule has 0 saturated heterocycles. The van der Waals surface area contributed by atoms with Crippen LogP contribution in [0.2, 0.25) is 0 Å². The van der Waals surface area contributed by atoms with Crippen molar-refractivity contribution >= 4 is 39.8 Å². The second kappa shape index (κ2) is 11.5. The lowest BCUT2D eigenvalue weighted by Gasteiger charge is -2.13. The zero-order valence-corrected chi connectivity index (χ0v) is 20.1. The second-order valence-electron chi connectivity index (χ2n) is 7.95. The highest BCUT2D eigenvalue weighted by Crippen LogP contribution is 2.36. The molecule has 0 saturated carbocycles. The molecule has 0 aliphatic carbocycles. The van der Waals surface area contributed by atoms with Crippen molar-refractivity contribution in [1.82, 2.24) is 10.3 Å². The minimum absolute atomic E-state index is 0.0790. The van der Waals surface area contributed by atoms with Crippen LogP contribution in [0.5, 0.6) is 23.0 Å². The topological polar surface area (TPSA) is 81.7 Å². The van der Waals surface area contributed by atoms with E-state index in [9.17, 15) is 4.79 Å². The Morgan fingerprint density at radius 2 is 1.73 bits per heavy atom. The fourth-order valence-electron chi connectivity index (χ4n) is 3.29. The number of carbonyl (C=O) groups excluding carboxylic acids is 1. The number of pyridine rings is 1. The number of ether oxygens (including phenoxy) is 3. The first-order valence-electron chi connectivity index (χ1n) is 10.8. The second-order valence-corrected chi connectivity index (χ2v) is 8.36. The Labute approximate surface area is 199 Å². The molecule has 0 unspecified atom stereocenters. The van der Waals surface area contributed by atoms with Gasteiger partial charge in [0.2, 0.25) is 5.91 Å². The van der Waals surface area contributed by atoms with Crippen LogP contribution in [-0.4, -0.2) is 30.2 Å². The lowest BCUT2D eigenvalue weighted by Crippen LogP contribution is -2.33. The highest BCUT2D eigenvalue weighted by Gasteiger charge is 2.12. The molecule has 2 aromatic carbocycles. The predicted molar refractivity (Wildman–Crippen MR) is 134 cm³/mol. The number of hydrogen-bond acceptors (Lipinski definition) is 6. The van der Waals surface area contributed by atoms with Gasteiger partial charge in [0, 0.05) is 29.8 Å². The van der Waals surface area contributed by atoms with Gasteiger partial charge in [0.1, 0.15) is 11.5 Å². The number of carbonyl (C=O) groups is 1. The van der Waals surface area contributed by atoms with Crippen LogP contribution in [0.1, 0.15) is 33.1 Å². The number of nitrogens with one attached hydrogen (secondary N) is 2. The molecule has 0 atom stereocenters. The quantitative estimate of drug-likeness (QED) is 0.392. The maximum atomic E-state index is 12.0. The molecule has 1 aromatic heterocycles. The molecule has 3 aromatic rings. The number of nitrogens with zero attached hydrogens (tertiary/aromatic N) is 1. The van der Waals surface area contributed by atoms with E-state index in [1.54, 1.807) is 26.5 Å².